The predicted molar refractivity (Wildman–Crippen MR) is 106 cm³/mol. The molecule has 1 aliphatic carbocycles. The van der Waals surface area contributed by atoms with Crippen molar-refractivity contribution in [1.29, 1.82) is 0 Å². The van der Waals surface area contributed by atoms with Gasteiger partial charge in [-0.2, -0.15) is 0 Å². The molecule has 1 aromatic rings. The Labute approximate surface area is 158 Å². The van der Waals surface area contributed by atoms with Crippen molar-refractivity contribution in [1.82, 2.24) is 10.6 Å². The molecule has 0 radical (unpaired) electrons. The van der Waals surface area contributed by atoms with Crippen LogP contribution in [0.5, 0.6) is 0 Å². The van der Waals surface area contributed by atoms with Crippen LogP contribution in [0.15, 0.2) is 27.8 Å². The van der Waals surface area contributed by atoms with E-state index in [2.05, 4.69) is 10.6 Å². The van der Waals surface area contributed by atoms with E-state index in [4.69, 9.17) is 14.1 Å². The van der Waals surface area contributed by atoms with Crippen molar-refractivity contribution in [2.75, 3.05) is 19.7 Å². The molecule has 1 unspecified atom stereocenters. The van der Waals surface area contributed by atoms with Crippen molar-refractivity contribution in [3.63, 3.8) is 0 Å². The van der Waals surface area contributed by atoms with Crippen LogP contribution in [0.3, 0.4) is 0 Å². The van der Waals surface area contributed by atoms with Gasteiger partial charge in [-0.25, -0.2) is 0 Å². The van der Waals surface area contributed by atoms with Gasteiger partial charge in [-0.15, -0.1) is 0 Å². The fourth-order valence-electron chi connectivity index (χ4n) is 3.90. The summed E-state index contributed by atoms with van der Waals surface area (Å²) in [5.41, 5.74) is 0. The molecule has 1 saturated carbocycles. The second kappa shape index (κ2) is 11.3. The highest BCUT2D eigenvalue weighted by Gasteiger charge is 2.15. The molecule has 0 amide bonds. The van der Waals surface area contributed by atoms with Gasteiger partial charge in [-0.05, 0) is 57.1 Å². The molecule has 0 bridgehead atoms. The highest BCUT2D eigenvalue weighted by atomic mass is 16.5. The van der Waals surface area contributed by atoms with Gasteiger partial charge in [0.1, 0.15) is 5.76 Å². The molecule has 26 heavy (non-hydrogen) atoms. The summed E-state index contributed by atoms with van der Waals surface area (Å²) < 4.78 is 11.2. The van der Waals surface area contributed by atoms with Gasteiger partial charge in [0, 0.05) is 32.2 Å². The third-order valence-corrected chi connectivity index (χ3v) is 5.42. The van der Waals surface area contributed by atoms with E-state index in [1.54, 1.807) is 6.26 Å². The zero-order chi connectivity index (χ0) is 17.9. The zero-order valence-corrected chi connectivity index (χ0v) is 16.0. The third-order valence-electron chi connectivity index (χ3n) is 5.42. The van der Waals surface area contributed by atoms with Crippen LogP contribution in [0.2, 0.25) is 0 Å². The van der Waals surface area contributed by atoms with Crippen LogP contribution in [0.1, 0.15) is 70.0 Å². The quantitative estimate of drug-likeness (QED) is 0.417. The molecule has 2 N–H and O–H groups in total. The van der Waals surface area contributed by atoms with Crippen molar-refractivity contribution in [3.05, 3.63) is 24.2 Å². The topological polar surface area (TPSA) is 58.8 Å². The summed E-state index contributed by atoms with van der Waals surface area (Å²) in [5.74, 6) is 1.98. The van der Waals surface area contributed by atoms with Gasteiger partial charge in [0.15, 0.2) is 5.96 Å². The van der Waals surface area contributed by atoms with Crippen molar-refractivity contribution in [2.45, 2.75) is 82.8 Å². The summed E-state index contributed by atoms with van der Waals surface area (Å²) in [6.45, 7) is 2.65. The molecule has 146 valence electrons. The minimum absolute atomic E-state index is 0.459. The molecule has 5 nitrogen and oxygen atoms in total. The van der Waals surface area contributed by atoms with Gasteiger partial charge in [-0.1, -0.05) is 19.3 Å². The Morgan fingerprint density at radius 2 is 2.00 bits per heavy atom. The van der Waals surface area contributed by atoms with Gasteiger partial charge >= 0.3 is 0 Å². The average molecular weight is 362 g/mol. The molecule has 2 fully saturated rings. The van der Waals surface area contributed by atoms with E-state index in [0.29, 0.717) is 12.1 Å². The first kappa shape index (κ1) is 19.3. The molecular formula is C21H35N3O2. The summed E-state index contributed by atoms with van der Waals surface area (Å²) in [5, 5.41) is 7.14. The van der Waals surface area contributed by atoms with Crippen molar-refractivity contribution >= 4 is 5.96 Å². The Balaban J connectivity index is 1.42. The number of ether oxygens (including phenoxy) is 1. The van der Waals surface area contributed by atoms with E-state index in [1.165, 1.54) is 51.4 Å². The van der Waals surface area contributed by atoms with Crippen LogP contribution in [-0.2, 0) is 11.2 Å². The molecule has 2 aliphatic rings. The Morgan fingerprint density at radius 3 is 2.77 bits per heavy atom. The van der Waals surface area contributed by atoms with Crippen LogP contribution < -0.4 is 10.6 Å². The molecule has 0 aromatic carbocycles. The summed E-state index contributed by atoms with van der Waals surface area (Å²) in [6.07, 6.45) is 15.6. The zero-order valence-electron chi connectivity index (χ0n) is 16.0. The smallest absolute Gasteiger partial charge is 0.191 e. The van der Waals surface area contributed by atoms with Crippen molar-refractivity contribution < 1.29 is 9.15 Å². The maximum absolute atomic E-state index is 5.82. The lowest BCUT2D eigenvalue weighted by molar-refractivity contribution is 0.0105. The SMILES string of the molecule is c1coc(CCNC(=NCCCC2CCCCO2)NC2CCCCC2)c1. The lowest BCUT2D eigenvalue weighted by Crippen LogP contribution is -2.45. The van der Waals surface area contributed by atoms with Gasteiger partial charge in [0.25, 0.3) is 0 Å². The Kier molecular flexibility index (Phi) is 8.36. The number of nitrogens with zero attached hydrogens (tertiary/aromatic N) is 1. The maximum Gasteiger partial charge on any atom is 0.191 e. The molecule has 0 spiro atoms. The van der Waals surface area contributed by atoms with Gasteiger partial charge in [0.05, 0.1) is 12.4 Å². The van der Waals surface area contributed by atoms with Gasteiger partial charge in [0.2, 0.25) is 0 Å². The number of guanidine groups is 1. The van der Waals surface area contributed by atoms with Crippen molar-refractivity contribution in [3.8, 4) is 0 Å². The minimum atomic E-state index is 0.459. The molecule has 2 heterocycles. The third kappa shape index (κ3) is 7.02. The second-order valence-corrected chi connectivity index (χ2v) is 7.60. The first-order valence-corrected chi connectivity index (χ1v) is 10.6. The van der Waals surface area contributed by atoms with Crippen molar-refractivity contribution in [2.24, 2.45) is 4.99 Å². The Morgan fingerprint density at radius 1 is 1.12 bits per heavy atom. The molecule has 5 heteroatoms. The van der Waals surface area contributed by atoms with Crippen LogP contribution in [0.4, 0.5) is 0 Å². The van der Waals surface area contributed by atoms with Crippen LogP contribution in [0, 0.1) is 0 Å². The van der Waals surface area contributed by atoms with E-state index in [9.17, 15) is 0 Å². The lowest BCUT2D eigenvalue weighted by atomic mass is 9.96. The number of hydrogen-bond donors (Lipinski definition) is 2. The minimum Gasteiger partial charge on any atom is -0.469 e. The largest absolute Gasteiger partial charge is 0.469 e. The summed E-state index contributed by atoms with van der Waals surface area (Å²) >= 11 is 0. The molecule has 1 saturated heterocycles. The standard InChI is InChI=1S/C21H35N3O2/c1-2-8-18(9-3-1)24-21(23-15-13-20-12-7-17-26-20)22-14-6-11-19-10-4-5-16-25-19/h7,12,17-19H,1-6,8-11,13-16H2,(H2,22,23,24). The number of nitrogens with one attached hydrogen (secondary N) is 2. The number of aliphatic imine (C=N–C) groups is 1. The van der Waals surface area contributed by atoms with Gasteiger partial charge < -0.3 is 19.8 Å². The maximum atomic E-state index is 5.82. The molecular weight excluding hydrogens is 326 g/mol. The fraction of sp³-hybridized carbons (Fsp3) is 0.762. The lowest BCUT2D eigenvalue weighted by Gasteiger charge is -2.25. The first-order valence-electron chi connectivity index (χ1n) is 10.6. The molecule has 1 atom stereocenters. The predicted octanol–water partition coefficient (Wildman–Crippen LogP) is 4.04. The van der Waals surface area contributed by atoms with Crippen LogP contribution >= 0.6 is 0 Å². The number of furan rings is 1. The second-order valence-electron chi connectivity index (χ2n) is 7.60. The Bertz CT molecular complexity index is 503. The van der Waals surface area contributed by atoms with Crippen LogP contribution in [0.25, 0.3) is 0 Å². The van der Waals surface area contributed by atoms with E-state index in [1.807, 2.05) is 12.1 Å². The van der Waals surface area contributed by atoms with E-state index >= 15 is 0 Å². The highest BCUT2D eigenvalue weighted by Crippen LogP contribution is 2.18. The first-order chi connectivity index (χ1) is 12.9. The summed E-state index contributed by atoms with van der Waals surface area (Å²) in [6, 6.07) is 4.54. The van der Waals surface area contributed by atoms with Crippen LogP contribution in [-0.4, -0.2) is 37.8 Å². The van der Waals surface area contributed by atoms with E-state index in [-0.39, 0.29) is 0 Å². The normalized spacial score (nSPS) is 22.3. The molecule has 1 aliphatic heterocycles. The monoisotopic (exact) mass is 361 g/mol. The number of rotatable bonds is 8. The fourth-order valence-corrected chi connectivity index (χ4v) is 3.90. The molecule has 1 aromatic heterocycles. The van der Waals surface area contributed by atoms with Gasteiger partial charge in [-0.3, -0.25) is 4.99 Å². The van der Waals surface area contributed by atoms with E-state index in [0.717, 1.165) is 50.7 Å². The summed E-state index contributed by atoms with van der Waals surface area (Å²) in [4.78, 5) is 4.83. The van der Waals surface area contributed by atoms with E-state index < -0.39 is 0 Å². The number of hydrogen-bond acceptors (Lipinski definition) is 3. The Hall–Kier alpha value is -1.49. The molecule has 3 rings (SSSR count). The highest BCUT2D eigenvalue weighted by molar-refractivity contribution is 5.80. The average Bonchev–Trinajstić information content (AvgIpc) is 3.20. The summed E-state index contributed by atoms with van der Waals surface area (Å²) in [7, 11) is 0.